The summed E-state index contributed by atoms with van der Waals surface area (Å²) in [6, 6.07) is 36.7. The van der Waals surface area contributed by atoms with Crippen LogP contribution in [-0.4, -0.2) is 9.97 Å². The van der Waals surface area contributed by atoms with Gasteiger partial charge in [0.1, 0.15) is 0 Å². The van der Waals surface area contributed by atoms with Crippen molar-refractivity contribution in [2.75, 3.05) is 0 Å². The summed E-state index contributed by atoms with van der Waals surface area (Å²) in [6.45, 7) is 0. The molecule has 0 spiro atoms. The molecule has 0 unspecified atom stereocenters. The molecule has 1 aromatic heterocycles. The fraction of sp³-hybridized carbons (Fsp3) is 0.103. The van der Waals surface area contributed by atoms with Crippen LogP contribution in [0.4, 0.5) is 0 Å². The van der Waals surface area contributed by atoms with Crippen LogP contribution in [0, 0.1) is 0 Å². The predicted molar refractivity (Wildman–Crippen MR) is 124 cm³/mol. The lowest BCUT2D eigenvalue weighted by Crippen LogP contribution is -2.27. The summed E-state index contributed by atoms with van der Waals surface area (Å²) in [5.41, 5.74) is 8.67. The molecule has 1 heterocycles. The van der Waals surface area contributed by atoms with Crippen LogP contribution in [0.2, 0.25) is 0 Å². The zero-order valence-corrected chi connectivity index (χ0v) is 17.0. The average molecular weight is 396 g/mol. The Morgan fingerprint density at radius 2 is 1.23 bits per heavy atom. The lowest BCUT2D eigenvalue weighted by atomic mass is 9.72. The van der Waals surface area contributed by atoms with Gasteiger partial charge in [-0.3, -0.25) is 0 Å². The number of benzene rings is 4. The Morgan fingerprint density at radius 1 is 0.613 bits per heavy atom. The van der Waals surface area contributed by atoms with E-state index in [9.17, 15) is 0 Å². The molecule has 0 saturated heterocycles. The second kappa shape index (κ2) is 6.12. The number of fused-ring (bicyclic) bond motifs is 9. The molecule has 0 amide bonds. The summed E-state index contributed by atoms with van der Waals surface area (Å²) < 4.78 is 0. The fourth-order valence-corrected chi connectivity index (χ4v) is 5.91. The van der Waals surface area contributed by atoms with E-state index in [1.807, 2.05) is 6.07 Å². The molecule has 2 aliphatic carbocycles. The van der Waals surface area contributed by atoms with Gasteiger partial charge in [0.15, 0.2) is 5.82 Å². The van der Waals surface area contributed by atoms with E-state index in [4.69, 9.17) is 9.97 Å². The third-order valence-electron chi connectivity index (χ3n) is 7.14. The number of hydrogen-bond acceptors (Lipinski definition) is 2. The van der Waals surface area contributed by atoms with Crippen molar-refractivity contribution < 1.29 is 0 Å². The van der Waals surface area contributed by atoms with Crippen molar-refractivity contribution in [3.8, 4) is 11.4 Å². The molecule has 7 rings (SSSR count). The summed E-state index contributed by atoms with van der Waals surface area (Å²) in [5, 5.41) is 1.15. The quantitative estimate of drug-likeness (QED) is 0.341. The van der Waals surface area contributed by atoms with Crippen LogP contribution in [0.15, 0.2) is 103 Å². The SMILES string of the molecule is c1ccc(-c2nc(C34CC(c5ccccc53)c3ccccc34)c3ccccc3n2)cc1. The maximum absolute atomic E-state index is 5.31. The number of nitrogens with zero attached hydrogens (tertiary/aromatic N) is 2. The van der Waals surface area contributed by atoms with E-state index < -0.39 is 0 Å². The first kappa shape index (κ1) is 17.0. The molecule has 4 aromatic carbocycles. The Labute approximate surface area is 181 Å². The number of para-hydroxylation sites is 1. The molecule has 2 heteroatoms. The molecule has 0 atom stereocenters. The summed E-state index contributed by atoms with van der Waals surface area (Å²) in [5.74, 6) is 1.23. The van der Waals surface area contributed by atoms with Gasteiger partial charge in [-0.05, 0) is 34.7 Å². The zero-order chi connectivity index (χ0) is 20.4. The van der Waals surface area contributed by atoms with Gasteiger partial charge < -0.3 is 0 Å². The Bertz CT molecular complexity index is 1420. The van der Waals surface area contributed by atoms with Gasteiger partial charge in [-0.15, -0.1) is 0 Å². The van der Waals surface area contributed by atoms with Crippen LogP contribution in [-0.2, 0) is 5.41 Å². The van der Waals surface area contributed by atoms with Crippen molar-refractivity contribution in [2.24, 2.45) is 0 Å². The van der Waals surface area contributed by atoms with Crippen LogP contribution >= 0.6 is 0 Å². The van der Waals surface area contributed by atoms with Crippen molar-refractivity contribution in [3.05, 3.63) is 131 Å². The second-order valence-electron chi connectivity index (χ2n) is 8.62. The molecule has 2 aliphatic rings. The van der Waals surface area contributed by atoms with Crippen molar-refractivity contribution in [2.45, 2.75) is 17.8 Å². The van der Waals surface area contributed by atoms with Gasteiger partial charge in [0.2, 0.25) is 0 Å². The van der Waals surface area contributed by atoms with Gasteiger partial charge in [-0.2, -0.15) is 0 Å². The topological polar surface area (TPSA) is 25.8 Å². The minimum absolute atomic E-state index is 0.232. The summed E-state index contributed by atoms with van der Waals surface area (Å²) in [7, 11) is 0. The van der Waals surface area contributed by atoms with Crippen molar-refractivity contribution >= 4 is 10.9 Å². The molecule has 5 aromatic rings. The first-order chi connectivity index (χ1) is 15.4. The monoisotopic (exact) mass is 396 g/mol. The highest BCUT2D eigenvalue weighted by atomic mass is 14.9. The van der Waals surface area contributed by atoms with Crippen molar-refractivity contribution in [3.63, 3.8) is 0 Å². The Hall–Kier alpha value is -3.78. The van der Waals surface area contributed by atoms with Crippen LogP contribution in [0.1, 0.15) is 40.3 Å². The molecule has 0 saturated carbocycles. The van der Waals surface area contributed by atoms with Gasteiger partial charge in [-0.25, -0.2) is 9.97 Å². The van der Waals surface area contributed by atoms with E-state index in [1.54, 1.807) is 0 Å². The molecule has 2 nitrogen and oxygen atoms in total. The Morgan fingerprint density at radius 3 is 1.97 bits per heavy atom. The number of aromatic nitrogens is 2. The third-order valence-corrected chi connectivity index (χ3v) is 7.14. The highest BCUT2D eigenvalue weighted by Crippen LogP contribution is 2.63. The molecule has 0 fully saturated rings. The smallest absolute Gasteiger partial charge is 0.160 e. The lowest BCUT2D eigenvalue weighted by molar-refractivity contribution is 0.619. The predicted octanol–water partition coefficient (Wildman–Crippen LogP) is 6.48. The minimum Gasteiger partial charge on any atom is -0.231 e. The van der Waals surface area contributed by atoms with E-state index in [0.29, 0.717) is 5.92 Å². The number of hydrogen-bond donors (Lipinski definition) is 0. The Kier molecular flexibility index (Phi) is 3.35. The molecule has 31 heavy (non-hydrogen) atoms. The lowest BCUT2D eigenvalue weighted by Gasteiger charge is -2.32. The number of rotatable bonds is 2. The second-order valence-corrected chi connectivity index (χ2v) is 8.62. The van der Waals surface area contributed by atoms with Gasteiger partial charge in [-0.1, -0.05) is 97.1 Å². The van der Waals surface area contributed by atoms with E-state index in [2.05, 4.69) is 97.1 Å². The minimum atomic E-state index is -0.232. The maximum atomic E-state index is 5.31. The Balaban J connectivity index is 1.62. The molecule has 2 bridgehead atoms. The third kappa shape index (κ3) is 2.17. The van der Waals surface area contributed by atoms with Gasteiger partial charge in [0.25, 0.3) is 0 Å². The van der Waals surface area contributed by atoms with Crippen LogP contribution < -0.4 is 0 Å². The van der Waals surface area contributed by atoms with Gasteiger partial charge in [0, 0.05) is 16.9 Å². The molecular formula is C29H20N2. The molecular weight excluding hydrogens is 376 g/mol. The zero-order valence-electron chi connectivity index (χ0n) is 17.0. The maximum Gasteiger partial charge on any atom is 0.160 e. The summed E-state index contributed by atoms with van der Waals surface area (Å²) >= 11 is 0. The van der Waals surface area contributed by atoms with E-state index >= 15 is 0 Å². The molecule has 146 valence electrons. The summed E-state index contributed by atoms with van der Waals surface area (Å²) in [6.07, 6.45) is 1.04. The van der Waals surface area contributed by atoms with E-state index in [1.165, 1.54) is 22.3 Å². The normalized spacial score (nSPS) is 20.6. The molecule has 0 aliphatic heterocycles. The van der Waals surface area contributed by atoms with Crippen molar-refractivity contribution in [1.82, 2.24) is 9.97 Å². The fourth-order valence-electron chi connectivity index (χ4n) is 5.91. The highest BCUT2D eigenvalue weighted by Gasteiger charge is 2.55. The summed E-state index contributed by atoms with van der Waals surface area (Å²) in [4.78, 5) is 10.3. The standard InChI is InChI=1S/C29H20N2/c1-2-10-19(11-3-1)28-30-26-17-9-6-14-22(26)27(31-28)29-18-23(20-12-4-7-15-24(20)29)21-13-5-8-16-25(21)29/h1-17,23H,18H2. The largest absolute Gasteiger partial charge is 0.231 e. The van der Waals surface area contributed by atoms with Gasteiger partial charge in [0.05, 0.1) is 16.6 Å². The first-order valence-corrected chi connectivity index (χ1v) is 10.9. The molecule has 0 N–H and O–H groups in total. The van der Waals surface area contributed by atoms with Crippen LogP contribution in [0.3, 0.4) is 0 Å². The van der Waals surface area contributed by atoms with Crippen molar-refractivity contribution in [1.29, 1.82) is 0 Å². The first-order valence-electron chi connectivity index (χ1n) is 10.9. The van der Waals surface area contributed by atoms with Crippen LogP contribution in [0.5, 0.6) is 0 Å². The molecule has 0 radical (unpaired) electrons. The van der Waals surface area contributed by atoms with Crippen LogP contribution in [0.25, 0.3) is 22.3 Å². The van der Waals surface area contributed by atoms with E-state index in [0.717, 1.165) is 34.4 Å². The average Bonchev–Trinajstić information content (AvgIpc) is 3.38. The highest BCUT2D eigenvalue weighted by molar-refractivity contribution is 5.87. The van der Waals surface area contributed by atoms with Gasteiger partial charge >= 0.3 is 0 Å². The van der Waals surface area contributed by atoms with E-state index in [-0.39, 0.29) is 5.41 Å².